The number of ether oxygens (including phenoxy) is 1. The average Bonchev–Trinajstić information content (AvgIpc) is 2.73. The van der Waals surface area contributed by atoms with Crippen molar-refractivity contribution < 1.29 is 22.7 Å². The first-order chi connectivity index (χ1) is 8.42. The zero-order chi connectivity index (χ0) is 13.6. The van der Waals surface area contributed by atoms with E-state index in [1.807, 2.05) is 12.2 Å². The maximum absolute atomic E-state index is 11.8. The third-order valence-electron chi connectivity index (χ3n) is 2.93. The minimum absolute atomic E-state index is 0.0942. The van der Waals surface area contributed by atoms with Gasteiger partial charge in [0.05, 0.1) is 12.6 Å². The number of carbonyl (C=O) groups is 1. The Labute approximate surface area is 104 Å². The van der Waals surface area contributed by atoms with Gasteiger partial charge in [-0.3, -0.25) is 4.79 Å². The van der Waals surface area contributed by atoms with Crippen molar-refractivity contribution in [1.82, 2.24) is 10.6 Å². The zero-order valence-corrected chi connectivity index (χ0v) is 10.3. The Morgan fingerprint density at radius 3 is 2.78 bits per heavy atom. The lowest BCUT2D eigenvalue weighted by Gasteiger charge is -2.17. The molecule has 0 aromatic rings. The second-order valence-electron chi connectivity index (χ2n) is 4.39. The summed E-state index contributed by atoms with van der Waals surface area (Å²) in [5, 5.41) is 4.68. The van der Waals surface area contributed by atoms with Gasteiger partial charge in [-0.2, -0.15) is 13.2 Å². The lowest BCUT2D eigenvalue weighted by molar-refractivity contribution is -0.137. The highest BCUT2D eigenvalue weighted by atomic mass is 19.4. The first-order valence-corrected chi connectivity index (χ1v) is 6.08. The van der Waals surface area contributed by atoms with E-state index in [4.69, 9.17) is 4.74 Å². The van der Waals surface area contributed by atoms with Gasteiger partial charge in [0, 0.05) is 13.2 Å². The number of hydrogen-bond donors (Lipinski definition) is 2. The summed E-state index contributed by atoms with van der Waals surface area (Å²) < 4.78 is 41.0. The molecule has 1 fully saturated rings. The molecule has 4 nitrogen and oxygen atoms in total. The van der Waals surface area contributed by atoms with Gasteiger partial charge < -0.3 is 15.4 Å². The van der Waals surface area contributed by atoms with Crippen molar-refractivity contribution >= 4 is 5.91 Å². The van der Waals surface area contributed by atoms with Crippen molar-refractivity contribution in [2.75, 3.05) is 26.2 Å². The highest BCUT2D eigenvalue weighted by Crippen LogP contribution is 2.22. The maximum atomic E-state index is 11.8. The minimum Gasteiger partial charge on any atom is -0.378 e. The van der Waals surface area contributed by atoms with Crippen LogP contribution in [0.2, 0.25) is 0 Å². The minimum atomic E-state index is -4.36. The van der Waals surface area contributed by atoms with Crippen LogP contribution in [0.1, 0.15) is 19.8 Å². The van der Waals surface area contributed by atoms with E-state index in [9.17, 15) is 18.0 Å². The van der Waals surface area contributed by atoms with Gasteiger partial charge in [-0.05, 0) is 18.8 Å². The number of halogens is 3. The lowest BCUT2D eigenvalue weighted by Crippen LogP contribution is -2.40. The molecule has 0 spiro atoms. The molecule has 0 aliphatic carbocycles. The Morgan fingerprint density at radius 1 is 1.44 bits per heavy atom. The van der Waals surface area contributed by atoms with Crippen LogP contribution in [-0.2, 0) is 9.53 Å². The smallest absolute Gasteiger partial charge is 0.378 e. The Hall–Kier alpha value is -0.820. The second-order valence-corrected chi connectivity index (χ2v) is 4.39. The van der Waals surface area contributed by atoms with Crippen LogP contribution < -0.4 is 10.6 Å². The number of amides is 1. The third-order valence-corrected chi connectivity index (χ3v) is 2.93. The van der Waals surface area contributed by atoms with Crippen molar-refractivity contribution in [2.24, 2.45) is 5.92 Å². The maximum Gasteiger partial charge on any atom is 0.405 e. The number of hydrogen-bond acceptors (Lipinski definition) is 3. The van der Waals surface area contributed by atoms with Crippen molar-refractivity contribution in [3.05, 3.63) is 0 Å². The topological polar surface area (TPSA) is 50.4 Å². The van der Waals surface area contributed by atoms with Crippen LogP contribution in [0.3, 0.4) is 0 Å². The molecule has 2 unspecified atom stereocenters. The molecule has 18 heavy (non-hydrogen) atoms. The summed E-state index contributed by atoms with van der Waals surface area (Å²) in [6, 6.07) is 0. The predicted octanol–water partition coefficient (Wildman–Crippen LogP) is 1.07. The van der Waals surface area contributed by atoms with Crippen molar-refractivity contribution in [3.63, 3.8) is 0 Å². The summed E-state index contributed by atoms with van der Waals surface area (Å²) >= 11 is 0. The molecule has 0 radical (unpaired) electrons. The number of carbonyl (C=O) groups excluding carboxylic acids is 1. The fourth-order valence-corrected chi connectivity index (χ4v) is 2.01. The van der Waals surface area contributed by atoms with Crippen LogP contribution in [0.25, 0.3) is 0 Å². The van der Waals surface area contributed by atoms with Crippen LogP contribution in [-0.4, -0.2) is 44.4 Å². The fourth-order valence-electron chi connectivity index (χ4n) is 2.01. The summed E-state index contributed by atoms with van der Waals surface area (Å²) in [6.07, 6.45) is -2.33. The molecule has 0 aromatic carbocycles. The largest absolute Gasteiger partial charge is 0.405 e. The number of alkyl halides is 3. The van der Waals surface area contributed by atoms with E-state index in [1.54, 1.807) is 0 Å². The van der Waals surface area contributed by atoms with Crippen LogP contribution in [0.4, 0.5) is 13.2 Å². The summed E-state index contributed by atoms with van der Waals surface area (Å²) in [6.45, 7) is 1.96. The quantitative estimate of drug-likeness (QED) is 0.757. The molecule has 0 aromatic heterocycles. The van der Waals surface area contributed by atoms with Gasteiger partial charge in [-0.25, -0.2) is 0 Å². The Morgan fingerprint density at radius 2 is 2.17 bits per heavy atom. The van der Waals surface area contributed by atoms with E-state index in [0.717, 1.165) is 12.8 Å². The molecule has 106 valence electrons. The molecular weight excluding hydrogens is 249 g/mol. The van der Waals surface area contributed by atoms with Gasteiger partial charge in [-0.1, -0.05) is 6.92 Å². The first kappa shape index (κ1) is 15.2. The summed E-state index contributed by atoms with van der Waals surface area (Å²) in [5.74, 6) is -0.301. The van der Waals surface area contributed by atoms with Gasteiger partial charge in [-0.15, -0.1) is 0 Å². The second kappa shape index (κ2) is 6.94. The summed E-state index contributed by atoms with van der Waals surface area (Å²) in [7, 11) is 0. The molecule has 1 amide bonds. The summed E-state index contributed by atoms with van der Waals surface area (Å²) in [4.78, 5) is 11.1. The van der Waals surface area contributed by atoms with Crippen LogP contribution in [0.15, 0.2) is 0 Å². The van der Waals surface area contributed by atoms with E-state index in [1.165, 1.54) is 0 Å². The normalized spacial score (nSPS) is 24.2. The highest BCUT2D eigenvalue weighted by Gasteiger charge is 2.28. The van der Waals surface area contributed by atoms with Crippen LogP contribution >= 0.6 is 0 Å². The zero-order valence-electron chi connectivity index (χ0n) is 10.3. The van der Waals surface area contributed by atoms with E-state index in [2.05, 4.69) is 5.32 Å². The Bertz CT molecular complexity index is 272. The molecule has 2 N–H and O–H groups in total. The summed E-state index contributed by atoms with van der Waals surface area (Å²) in [5.41, 5.74) is 0. The van der Waals surface area contributed by atoms with Crippen LogP contribution in [0, 0.1) is 5.92 Å². The van der Waals surface area contributed by atoms with Gasteiger partial charge in [0.1, 0.15) is 6.54 Å². The number of rotatable bonds is 6. The molecule has 0 bridgehead atoms. The predicted molar refractivity (Wildman–Crippen MR) is 60.1 cm³/mol. The van der Waals surface area contributed by atoms with Gasteiger partial charge in [0.2, 0.25) is 5.91 Å². The fraction of sp³-hybridized carbons (Fsp3) is 0.909. The Balaban J connectivity index is 2.12. The van der Waals surface area contributed by atoms with Crippen molar-refractivity contribution in [1.29, 1.82) is 0 Å². The molecule has 1 rings (SSSR count). The SMILES string of the molecule is CCC1OCCC1CNCC(=O)NCC(F)(F)F. The highest BCUT2D eigenvalue weighted by molar-refractivity contribution is 5.77. The standard InChI is InChI=1S/C11H19F3N2O2/c1-2-9-8(3-4-18-9)5-15-6-10(17)16-7-11(12,13)14/h8-9,15H,2-7H2,1H3,(H,16,17). The molecule has 1 aliphatic rings. The molecule has 1 saturated heterocycles. The Kier molecular flexibility index (Phi) is 5.87. The number of nitrogens with one attached hydrogen (secondary N) is 2. The van der Waals surface area contributed by atoms with Gasteiger partial charge in [0.25, 0.3) is 0 Å². The molecule has 1 aliphatic heterocycles. The van der Waals surface area contributed by atoms with E-state index in [-0.39, 0.29) is 12.6 Å². The average molecular weight is 268 g/mol. The van der Waals surface area contributed by atoms with Gasteiger partial charge >= 0.3 is 6.18 Å². The first-order valence-electron chi connectivity index (χ1n) is 6.08. The van der Waals surface area contributed by atoms with Crippen molar-refractivity contribution in [2.45, 2.75) is 32.0 Å². The van der Waals surface area contributed by atoms with Crippen molar-refractivity contribution in [3.8, 4) is 0 Å². The molecule has 1 heterocycles. The third kappa shape index (κ3) is 5.68. The molecule has 0 saturated carbocycles. The van der Waals surface area contributed by atoms with Crippen LogP contribution in [0.5, 0.6) is 0 Å². The van der Waals surface area contributed by atoms with E-state index in [0.29, 0.717) is 19.1 Å². The van der Waals surface area contributed by atoms with E-state index < -0.39 is 18.6 Å². The monoisotopic (exact) mass is 268 g/mol. The molecule has 2 atom stereocenters. The van der Waals surface area contributed by atoms with E-state index >= 15 is 0 Å². The van der Waals surface area contributed by atoms with Gasteiger partial charge in [0.15, 0.2) is 0 Å². The molecule has 7 heteroatoms. The lowest BCUT2D eigenvalue weighted by atomic mass is 10.00. The molecular formula is C11H19F3N2O2.